The highest BCUT2D eigenvalue weighted by molar-refractivity contribution is 5.75. The molecule has 3 heteroatoms. The monoisotopic (exact) mass is 293 g/mol. The number of aliphatic hydroxyl groups excluding tert-OH is 1. The molecule has 2 aliphatic carbocycles. The van der Waals surface area contributed by atoms with Gasteiger partial charge in [-0.1, -0.05) is 30.4 Å². The summed E-state index contributed by atoms with van der Waals surface area (Å²) in [5.41, 5.74) is 2.90. The molecule has 0 aromatic carbocycles. The fourth-order valence-corrected chi connectivity index (χ4v) is 4.48. The summed E-state index contributed by atoms with van der Waals surface area (Å²) in [7, 11) is 3.63. The van der Waals surface area contributed by atoms with Crippen LogP contribution in [0.4, 0.5) is 0 Å². The second kappa shape index (κ2) is 6.95. The van der Waals surface area contributed by atoms with Gasteiger partial charge in [0.25, 0.3) is 0 Å². The quantitative estimate of drug-likeness (QED) is 0.806. The minimum absolute atomic E-state index is 0.0434. The molecule has 120 valence electrons. The van der Waals surface area contributed by atoms with Crippen LogP contribution in [0.3, 0.4) is 0 Å². The van der Waals surface area contributed by atoms with Gasteiger partial charge in [0.15, 0.2) is 0 Å². The average molecular weight is 293 g/mol. The van der Waals surface area contributed by atoms with Gasteiger partial charge in [-0.2, -0.15) is 0 Å². The topological polar surface area (TPSA) is 40.5 Å². The predicted octanol–water partition coefficient (Wildman–Crippen LogP) is 3.52. The van der Waals surface area contributed by atoms with E-state index in [2.05, 4.69) is 6.92 Å². The smallest absolute Gasteiger partial charge is 0.222 e. The molecule has 0 aliphatic heterocycles. The number of carbonyl (C=O) groups is 1. The lowest BCUT2D eigenvalue weighted by atomic mass is 9.71. The molecule has 2 fully saturated rings. The molecule has 0 bridgehead atoms. The Morgan fingerprint density at radius 2 is 2.00 bits per heavy atom. The number of fused-ring (bicyclic) bond motifs is 1. The van der Waals surface area contributed by atoms with Crippen molar-refractivity contribution in [3.05, 3.63) is 11.1 Å². The highest BCUT2D eigenvalue weighted by Gasteiger charge is 2.46. The van der Waals surface area contributed by atoms with Gasteiger partial charge in [-0.15, -0.1) is 0 Å². The van der Waals surface area contributed by atoms with Crippen molar-refractivity contribution in [1.29, 1.82) is 0 Å². The molecular formula is C18H31NO2. The minimum atomic E-state index is 0.0434. The van der Waals surface area contributed by atoms with Crippen molar-refractivity contribution in [2.45, 2.75) is 64.7 Å². The zero-order chi connectivity index (χ0) is 15.5. The van der Waals surface area contributed by atoms with Crippen LogP contribution in [0.2, 0.25) is 0 Å². The van der Waals surface area contributed by atoms with Crippen molar-refractivity contribution >= 4 is 5.91 Å². The van der Waals surface area contributed by atoms with Gasteiger partial charge in [-0.3, -0.25) is 4.79 Å². The maximum atomic E-state index is 11.8. The largest absolute Gasteiger partial charge is 0.395 e. The number of rotatable bonds is 4. The highest BCUT2D eigenvalue weighted by atomic mass is 16.3. The van der Waals surface area contributed by atoms with Gasteiger partial charge in [-0.05, 0) is 44.9 Å². The first-order valence-corrected chi connectivity index (χ1v) is 8.51. The lowest BCUT2D eigenvalue weighted by molar-refractivity contribution is -0.128. The zero-order valence-electron chi connectivity index (χ0n) is 14.0. The third kappa shape index (κ3) is 3.33. The second-order valence-corrected chi connectivity index (χ2v) is 7.20. The molecule has 2 saturated carbocycles. The van der Waals surface area contributed by atoms with Crippen molar-refractivity contribution in [2.24, 2.45) is 11.3 Å². The molecule has 1 N–H and O–H groups in total. The molecule has 1 amide bonds. The van der Waals surface area contributed by atoms with Gasteiger partial charge in [0.05, 0.1) is 6.61 Å². The van der Waals surface area contributed by atoms with Crippen LogP contribution in [0, 0.1) is 11.3 Å². The Bertz CT molecular complexity index is 413. The lowest BCUT2D eigenvalue weighted by Crippen LogP contribution is -2.31. The Morgan fingerprint density at radius 3 is 2.67 bits per heavy atom. The first-order valence-electron chi connectivity index (χ1n) is 8.51. The molecule has 3 nitrogen and oxygen atoms in total. The van der Waals surface area contributed by atoms with E-state index < -0.39 is 0 Å². The molecule has 0 saturated heterocycles. The molecule has 2 rings (SSSR count). The summed E-state index contributed by atoms with van der Waals surface area (Å²) in [6, 6.07) is 0. The maximum Gasteiger partial charge on any atom is 0.222 e. The number of carbonyl (C=O) groups excluding carboxylic acids is 1. The Kier molecular flexibility index (Phi) is 5.48. The standard InChI is InChI=1S/C18H31NO2/c1-14(8-11-17(21)19(2)3)16-10-9-15-7-5-4-6-12-18(15,16)13-20/h15,20H,4-13H2,1-3H3/b16-14+/t15-,18+/m0/s1. The predicted molar refractivity (Wildman–Crippen MR) is 86.0 cm³/mol. The Hall–Kier alpha value is -0.830. The molecule has 21 heavy (non-hydrogen) atoms. The summed E-state index contributed by atoms with van der Waals surface area (Å²) in [5.74, 6) is 0.864. The zero-order valence-corrected chi connectivity index (χ0v) is 14.0. The molecule has 2 atom stereocenters. The van der Waals surface area contributed by atoms with Crippen molar-refractivity contribution in [3.8, 4) is 0 Å². The Labute approximate surface area is 129 Å². The van der Waals surface area contributed by atoms with E-state index in [1.54, 1.807) is 4.90 Å². The molecule has 2 aliphatic rings. The number of nitrogens with zero attached hydrogens (tertiary/aromatic N) is 1. The van der Waals surface area contributed by atoms with E-state index in [1.165, 1.54) is 43.3 Å². The third-order valence-electron chi connectivity index (χ3n) is 5.81. The van der Waals surface area contributed by atoms with E-state index in [1.807, 2.05) is 14.1 Å². The first-order chi connectivity index (χ1) is 10.0. The molecule has 0 aromatic rings. The van der Waals surface area contributed by atoms with Gasteiger partial charge in [0.1, 0.15) is 0 Å². The number of allylic oxidation sites excluding steroid dienone is 1. The summed E-state index contributed by atoms with van der Waals surface area (Å²) >= 11 is 0. The molecule has 0 radical (unpaired) electrons. The van der Waals surface area contributed by atoms with Crippen LogP contribution in [0.5, 0.6) is 0 Å². The molecule has 0 aromatic heterocycles. The van der Waals surface area contributed by atoms with E-state index in [9.17, 15) is 9.90 Å². The molecule has 0 heterocycles. The van der Waals surface area contributed by atoms with Crippen molar-refractivity contribution < 1.29 is 9.90 Å². The Morgan fingerprint density at radius 1 is 1.24 bits per heavy atom. The summed E-state index contributed by atoms with van der Waals surface area (Å²) in [5, 5.41) is 10.2. The maximum absolute atomic E-state index is 11.8. The number of hydrogen-bond acceptors (Lipinski definition) is 2. The summed E-state index contributed by atoms with van der Waals surface area (Å²) in [6.07, 6.45) is 10.1. The normalized spacial score (nSPS) is 31.5. The van der Waals surface area contributed by atoms with E-state index in [4.69, 9.17) is 0 Å². The van der Waals surface area contributed by atoms with Crippen LogP contribution < -0.4 is 0 Å². The van der Waals surface area contributed by atoms with Crippen molar-refractivity contribution in [3.63, 3.8) is 0 Å². The van der Waals surface area contributed by atoms with Crippen LogP contribution >= 0.6 is 0 Å². The summed E-state index contributed by atoms with van der Waals surface area (Å²) in [4.78, 5) is 13.5. The number of amides is 1. The SMILES string of the molecule is C/C(CCC(=O)N(C)C)=C1/CC[C@@H]2CCCCC[C@]12CO. The summed E-state index contributed by atoms with van der Waals surface area (Å²) < 4.78 is 0. The van der Waals surface area contributed by atoms with E-state index in [-0.39, 0.29) is 11.3 Å². The fraction of sp³-hybridized carbons (Fsp3) is 0.833. The van der Waals surface area contributed by atoms with Crippen LogP contribution in [0.15, 0.2) is 11.1 Å². The van der Waals surface area contributed by atoms with Crippen molar-refractivity contribution in [2.75, 3.05) is 20.7 Å². The molecule has 0 unspecified atom stereocenters. The van der Waals surface area contributed by atoms with Gasteiger partial charge < -0.3 is 10.0 Å². The van der Waals surface area contributed by atoms with E-state index >= 15 is 0 Å². The van der Waals surface area contributed by atoms with Gasteiger partial charge >= 0.3 is 0 Å². The highest BCUT2D eigenvalue weighted by Crippen LogP contribution is 2.55. The second-order valence-electron chi connectivity index (χ2n) is 7.20. The third-order valence-corrected chi connectivity index (χ3v) is 5.81. The number of aliphatic hydroxyl groups is 1. The minimum Gasteiger partial charge on any atom is -0.395 e. The van der Waals surface area contributed by atoms with Crippen LogP contribution in [-0.4, -0.2) is 36.6 Å². The Balaban J connectivity index is 2.16. The van der Waals surface area contributed by atoms with Crippen LogP contribution in [0.1, 0.15) is 64.7 Å². The number of hydrogen-bond donors (Lipinski definition) is 1. The summed E-state index contributed by atoms with van der Waals surface area (Å²) in [6.45, 7) is 2.48. The first kappa shape index (κ1) is 16.5. The van der Waals surface area contributed by atoms with Gasteiger partial charge in [-0.25, -0.2) is 0 Å². The average Bonchev–Trinajstić information content (AvgIpc) is 2.70. The van der Waals surface area contributed by atoms with E-state index in [0.29, 0.717) is 18.9 Å². The van der Waals surface area contributed by atoms with Crippen LogP contribution in [0.25, 0.3) is 0 Å². The van der Waals surface area contributed by atoms with Gasteiger partial charge in [0, 0.05) is 25.9 Å². The van der Waals surface area contributed by atoms with Crippen molar-refractivity contribution in [1.82, 2.24) is 4.90 Å². The van der Waals surface area contributed by atoms with E-state index in [0.717, 1.165) is 19.3 Å². The lowest BCUT2D eigenvalue weighted by Gasteiger charge is -2.35. The molecule has 0 spiro atoms. The van der Waals surface area contributed by atoms with Crippen LogP contribution in [-0.2, 0) is 4.79 Å². The molecular weight excluding hydrogens is 262 g/mol. The fourth-order valence-electron chi connectivity index (χ4n) is 4.48. The van der Waals surface area contributed by atoms with Gasteiger partial charge in [0.2, 0.25) is 5.91 Å².